The Kier molecular flexibility index (Phi) is 6.96. The molecule has 2 rings (SSSR count). The number of nitrogens with one attached hydrogen (secondary N) is 1. The molecule has 26 heavy (non-hydrogen) atoms. The molecule has 0 aliphatic carbocycles. The van der Waals surface area contributed by atoms with Gasteiger partial charge in [-0.1, -0.05) is 0 Å². The molecule has 0 heterocycles. The standard InChI is InChI=1S/C18H17IN2O5/c1-11(18(23)24)26-14-6-3-12(4-7-14)10-20-21-17(22)13-5-8-15(19)16(9-13)25-2/h3-11H,1-2H3,(H,21,22)(H,23,24)/b20-10+/t11-/m1/s1. The summed E-state index contributed by atoms with van der Waals surface area (Å²) in [7, 11) is 1.54. The van der Waals surface area contributed by atoms with E-state index < -0.39 is 12.1 Å². The van der Waals surface area contributed by atoms with E-state index in [1.54, 1.807) is 49.6 Å². The number of halogens is 1. The number of carboxylic acid groups (broad SMARTS) is 1. The van der Waals surface area contributed by atoms with Gasteiger partial charge in [-0.2, -0.15) is 5.10 Å². The quantitative estimate of drug-likeness (QED) is 0.370. The Balaban J connectivity index is 1.95. The summed E-state index contributed by atoms with van der Waals surface area (Å²) in [5, 5.41) is 12.7. The van der Waals surface area contributed by atoms with Crippen LogP contribution in [-0.4, -0.2) is 36.4 Å². The number of aliphatic carboxylic acids is 1. The molecule has 2 aromatic rings. The summed E-state index contributed by atoms with van der Waals surface area (Å²) >= 11 is 2.12. The highest BCUT2D eigenvalue weighted by Crippen LogP contribution is 2.21. The first-order valence-corrected chi connectivity index (χ1v) is 8.65. The minimum absolute atomic E-state index is 0.355. The molecule has 0 aliphatic heterocycles. The number of ether oxygens (including phenoxy) is 2. The average Bonchev–Trinajstić information content (AvgIpc) is 2.63. The Morgan fingerprint density at radius 1 is 1.23 bits per heavy atom. The van der Waals surface area contributed by atoms with Crippen LogP contribution in [0, 0.1) is 3.57 Å². The lowest BCUT2D eigenvalue weighted by Crippen LogP contribution is -2.22. The maximum Gasteiger partial charge on any atom is 0.344 e. The van der Waals surface area contributed by atoms with E-state index >= 15 is 0 Å². The minimum Gasteiger partial charge on any atom is -0.496 e. The van der Waals surface area contributed by atoms with Crippen molar-refractivity contribution >= 4 is 40.7 Å². The van der Waals surface area contributed by atoms with Crippen LogP contribution in [0.15, 0.2) is 47.6 Å². The summed E-state index contributed by atoms with van der Waals surface area (Å²) in [4.78, 5) is 22.9. The zero-order valence-corrected chi connectivity index (χ0v) is 16.3. The first kappa shape index (κ1) is 19.7. The predicted molar refractivity (Wildman–Crippen MR) is 105 cm³/mol. The molecular formula is C18H17IN2O5. The molecule has 0 radical (unpaired) electrons. The van der Waals surface area contributed by atoms with Crippen LogP contribution in [0.1, 0.15) is 22.8 Å². The molecule has 2 aromatic carbocycles. The Hall–Kier alpha value is -2.62. The molecule has 2 N–H and O–H groups in total. The molecule has 0 spiro atoms. The third-order valence-electron chi connectivity index (χ3n) is 3.33. The summed E-state index contributed by atoms with van der Waals surface area (Å²) in [5.41, 5.74) is 3.60. The number of nitrogens with zero attached hydrogens (tertiary/aromatic N) is 1. The lowest BCUT2D eigenvalue weighted by Gasteiger charge is -2.09. The maximum atomic E-state index is 12.1. The van der Waals surface area contributed by atoms with Gasteiger partial charge in [0.25, 0.3) is 5.91 Å². The summed E-state index contributed by atoms with van der Waals surface area (Å²) in [5.74, 6) is -0.336. The van der Waals surface area contributed by atoms with Crippen LogP contribution < -0.4 is 14.9 Å². The molecule has 8 heteroatoms. The number of methoxy groups -OCH3 is 1. The van der Waals surface area contributed by atoms with E-state index in [9.17, 15) is 9.59 Å². The lowest BCUT2D eigenvalue weighted by atomic mass is 10.2. The zero-order valence-electron chi connectivity index (χ0n) is 14.1. The Morgan fingerprint density at radius 2 is 1.92 bits per heavy atom. The number of carbonyl (C=O) groups excluding carboxylic acids is 1. The monoisotopic (exact) mass is 468 g/mol. The number of amides is 1. The van der Waals surface area contributed by atoms with Gasteiger partial charge in [0.1, 0.15) is 11.5 Å². The summed E-state index contributed by atoms with van der Waals surface area (Å²) in [6, 6.07) is 11.8. The zero-order chi connectivity index (χ0) is 19.1. The van der Waals surface area contributed by atoms with Gasteiger partial charge in [0, 0.05) is 5.56 Å². The molecule has 7 nitrogen and oxygen atoms in total. The van der Waals surface area contributed by atoms with Crippen LogP contribution in [0.5, 0.6) is 11.5 Å². The predicted octanol–water partition coefficient (Wildman–Crippen LogP) is 2.92. The smallest absolute Gasteiger partial charge is 0.344 e. The molecule has 0 aromatic heterocycles. The molecule has 1 amide bonds. The van der Waals surface area contributed by atoms with Gasteiger partial charge in [0.15, 0.2) is 6.10 Å². The van der Waals surface area contributed by atoms with Crippen molar-refractivity contribution in [2.75, 3.05) is 7.11 Å². The van der Waals surface area contributed by atoms with E-state index in [0.29, 0.717) is 17.1 Å². The molecule has 0 fully saturated rings. The van der Waals surface area contributed by atoms with Crippen molar-refractivity contribution in [3.05, 3.63) is 57.2 Å². The number of hydrogen-bond donors (Lipinski definition) is 2. The van der Waals surface area contributed by atoms with Gasteiger partial charge in [-0.15, -0.1) is 0 Å². The van der Waals surface area contributed by atoms with Crippen LogP contribution in [-0.2, 0) is 4.79 Å². The topological polar surface area (TPSA) is 97.2 Å². The number of carbonyl (C=O) groups is 2. The number of benzene rings is 2. The van der Waals surface area contributed by atoms with Crippen molar-refractivity contribution in [1.29, 1.82) is 0 Å². The first-order valence-electron chi connectivity index (χ1n) is 7.57. The van der Waals surface area contributed by atoms with E-state index in [0.717, 1.165) is 9.13 Å². The molecule has 0 saturated carbocycles. The number of carboxylic acids is 1. The second-order valence-corrected chi connectivity index (χ2v) is 6.38. The van der Waals surface area contributed by atoms with Crippen molar-refractivity contribution < 1.29 is 24.2 Å². The van der Waals surface area contributed by atoms with Gasteiger partial charge < -0.3 is 14.6 Å². The number of hydrazone groups is 1. The second kappa shape index (κ2) is 9.18. The molecule has 0 saturated heterocycles. The molecule has 0 aliphatic rings. The Bertz CT molecular complexity index is 821. The third kappa shape index (κ3) is 5.45. The SMILES string of the molecule is COc1cc(C(=O)N/N=C/c2ccc(O[C@H](C)C(=O)O)cc2)ccc1I. The van der Waals surface area contributed by atoms with Crippen molar-refractivity contribution in [2.24, 2.45) is 5.10 Å². The van der Waals surface area contributed by atoms with E-state index in [2.05, 4.69) is 33.1 Å². The molecule has 1 atom stereocenters. The highest BCUT2D eigenvalue weighted by atomic mass is 127. The van der Waals surface area contributed by atoms with Crippen LogP contribution in [0.4, 0.5) is 0 Å². The lowest BCUT2D eigenvalue weighted by molar-refractivity contribution is -0.144. The number of rotatable bonds is 7. The molecular weight excluding hydrogens is 451 g/mol. The van der Waals surface area contributed by atoms with Crippen LogP contribution in [0.2, 0.25) is 0 Å². The van der Waals surface area contributed by atoms with Crippen molar-refractivity contribution in [1.82, 2.24) is 5.43 Å². The van der Waals surface area contributed by atoms with Crippen LogP contribution in [0.3, 0.4) is 0 Å². The van der Waals surface area contributed by atoms with E-state index in [-0.39, 0.29) is 5.91 Å². The van der Waals surface area contributed by atoms with E-state index in [1.165, 1.54) is 13.1 Å². The fraction of sp³-hybridized carbons (Fsp3) is 0.167. The summed E-state index contributed by atoms with van der Waals surface area (Å²) in [6.45, 7) is 1.45. The van der Waals surface area contributed by atoms with Gasteiger partial charge >= 0.3 is 5.97 Å². The van der Waals surface area contributed by atoms with Crippen LogP contribution >= 0.6 is 22.6 Å². The fourth-order valence-electron chi connectivity index (χ4n) is 1.92. The largest absolute Gasteiger partial charge is 0.496 e. The third-order valence-corrected chi connectivity index (χ3v) is 4.22. The second-order valence-electron chi connectivity index (χ2n) is 5.22. The minimum atomic E-state index is -1.04. The van der Waals surface area contributed by atoms with Crippen molar-refractivity contribution in [2.45, 2.75) is 13.0 Å². The van der Waals surface area contributed by atoms with Crippen molar-refractivity contribution in [3.8, 4) is 11.5 Å². The number of hydrogen-bond acceptors (Lipinski definition) is 5. The highest BCUT2D eigenvalue weighted by Gasteiger charge is 2.12. The first-order chi connectivity index (χ1) is 12.4. The van der Waals surface area contributed by atoms with E-state index in [4.69, 9.17) is 14.6 Å². The van der Waals surface area contributed by atoms with Gasteiger partial charge in [0.05, 0.1) is 16.9 Å². The van der Waals surface area contributed by atoms with E-state index in [1.807, 2.05) is 0 Å². The Morgan fingerprint density at radius 3 is 2.54 bits per heavy atom. The Labute approximate surface area is 164 Å². The summed E-state index contributed by atoms with van der Waals surface area (Å²) in [6.07, 6.45) is 0.548. The van der Waals surface area contributed by atoms with Gasteiger partial charge in [-0.3, -0.25) is 4.79 Å². The molecule has 0 unspecified atom stereocenters. The van der Waals surface area contributed by atoms with Gasteiger partial charge in [-0.25, -0.2) is 10.2 Å². The fourth-order valence-corrected chi connectivity index (χ4v) is 2.47. The van der Waals surface area contributed by atoms with Crippen molar-refractivity contribution in [3.63, 3.8) is 0 Å². The maximum absolute atomic E-state index is 12.1. The van der Waals surface area contributed by atoms with Crippen LogP contribution in [0.25, 0.3) is 0 Å². The van der Waals surface area contributed by atoms with Gasteiger partial charge in [-0.05, 0) is 77.5 Å². The molecule has 136 valence electrons. The molecule has 0 bridgehead atoms. The normalized spacial score (nSPS) is 11.8. The average molecular weight is 468 g/mol. The summed E-state index contributed by atoms with van der Waals surface area (Å²) < 4.78 is 11.3. The highest BCUT2D eigenvalue weighted by molar-refractivity contribution is 14.1. The van der Waals surface area contributed by atoms with Gasteiger partial charge in [0.2, 0.25) is 0 Å².